The molecule has 0 radical (unpaired) electrons. The van der Waals surface area contributed by atoms with Crippen molar-refractivity contribution in [2.75, 3.05) is 31.2 Å². The lowest BCUT2D eigenvalue weighted by Crippen LogP contribution is -2.40. The standard InChI is InChI=1S/C27H37N5O2Si/c1-19-9-8-10-21(20(19)2)15-24-23(18-34-35(6,7)27(3,4)5)29-26-22(17-28)16-25(30-32(24)26)31-11-13-33-14-12-31/h8-10,16H,11-15,18H2,1-7H3. The van der Waals surface area contributed by atoms with Crippen LogP contribution >= 0.6 is 0 Å². The second-order valence-electron chi connectivity index (χ2n) is 11.0. The summed E-state index contributed by atoms with van der Waals surface area (Å²) < 4.78 is 14.0. The molecule has 1 aliphatic rings. The average Bonchev–Trinajstić information content (AvgIpc) is 3.17. The van der Waals surface area contributed by atoms with Crippen molar-refractivity contribution in [3.63, 3.8) is 0 Å². The van der Waals surface area contributed by atoms with Crippen LogP contribution in [0.4, 0.5) is 5.82 Å². The van der Waals surface area contributed by atoms with Crippen LogP contribution in [0.3, 0.4) is 0 Å². The maximum atomic E-state index is 10.00. The molecule has 3 heterocycles. The van der Waals surface area contributed by atoms with Gasteiger partial charge in [-0.05, 0) is 48.7 Å². The van der Waals surface area contributed by atoms with Gasteiger partial charge >= 0.3 is 0 Å². The van der Waals surface area contributed by atoms with Gasteiger partial charge in [0.05, 0.1) is 31.2 Å². The Labute approximate surface area is 209 Å². The molecule has 2 aromatic heterocycles. The van der Waals surface area contributed by atoms with Gasteiger partial charge in [-0.25, -0.2) is 9.50 Å². The van der Waals surface area contributed by atoms with E-state index in [1.54, 1.807) is 0 Å². The Balaban J connectivity index is 1.84. The van der Waals surface area contributed by atoms with E-state index in [4.69, 9.17) is 19.2 Å². The van der Waals surface area contributed by atoms with Crippen LogP contribution in [0.1, 0.15) is 54.4 Å². The fourth-order valence-corrected chi connectivity index (χ4v) is 5.00. The van der Waals surface area contributed by atoms with E-state index in [2.05, 4.69) is 76.9 Å². The fourth-order valence-electron chi connectivity index (χ4n) is 4.07. The van der Waals surface area contributed by atoms with E-state index in [0.717, 1.165) is 30.3 Å². The van der Waals surface area contributed by atoms with Gasteiger partial charge < -0.3 is 14.1 Å². The van der Waals surface area contributed by atoms with Crippen LogP contribution in [-0.2, 0) is 22.2 Å². The number of morpholine rings is 1. The molecule has 0 aliphatic carbocycles. The van der Waals surface area contributed by atoms with E-state index < -0.39 is 8.32 Å². The van der Waals surface area contributed by atoms with Crippen molar-refractivity contribution in [1.29, 1.82) is 5.26 Å². The quantitative estimate of drug-likeness (QED) is 0.443. The van der Waals surface area contributed by atoms with Crippen molar-refractivity contribution in [3.05, 3.63) is 57.9 Å². The number of aryl methyl sites for hydroxylation is 1. The molecule has 0 amide bonds. The largest absolute Gasteiger partial charge is 0.411 e. The van der Waals surface area contributed by atoms with E-state index >= 15 is 0 Å². The molecule has 0 N–H and O–H groups in total. The molecule has 3 aromatic rings. The first-order chi connectivity index (χ1) is 16.5. The molecule has 35 heavy (non-hydrogen) atoms. The van der Waals surface area contributed by atoms with Gasteiger partial charge in [-0.15, -0.1) is 5.10 Å². The van der Waals surface area contributed by atoms with Gasteiger partial charge in [-0.2, -0.15) is 5.26 Å². The first-order valence-electron chi connectivity index (χ1n) is 12.3. The summed E-state index contributed by atoms with van der Waals surface area (Å²) in [5.74, 6) is 0.786. The van der Waals surface area contributed by atoms with E-state index in [0.29, 0.717) is 37.5 Å². The zero-order valence-corrected chi connectivity index (χ0v) is 23.1. The van der Waals surface area contributed by atoms with Crippen LogP contribution < -0.4 is 4.90 Å². The zero-order chi connectivity index (χ0) is 25.4. The van der Waals surface area contributed by atoms with Crippen LogP contribution in [0.5, 0.6) is 0 Å². The predicted octanol–water partition coefficient (Wildman–Crippen LogP) is 5.17. The number of anilines is 1. The molecule has 1 aliphatic heterocycles. The van der Waals surface area contributed by atoms with Crippen molar-refractivity contribution in [2.45, 2.75) is 65.8 Å². The van der Waals surface area contributed by atoms with E-state index in [9.17, 15) is 5.26 Å². The van der Waals surface area contributed by atoms with Gasteiger partial charge in [0, 0.05) is 25.6 Å². The maximum Gasteiger partial charge on any atom is 0.192 e. The number of ether oxygens (including phenoxy) is 1. The van der Waals surface area contributed by atoms with Crippen LogP contribution in [0.2, 0.25) is 18.1 Å². The molecule has 4 rings (SSSR count). The molecule has 8 heteroatoms. The minimum Gasteiger partial charge on any atom is -0.411 e. The lowest BCUT2D eigenvalue weighted by Gasteiger charge is -2.36. The van der Waals surface area contributed by atoms with Crippen molar-refractivity contribution >= 4 is 19.8 Å². The lowest BCUT2D eigenvalue weighted by atomic mass is 9.99. The monoisotopic (exact) mass is 491 g/mol. The number of fused-ring (bicyclic) bond motifs is 1. The third-order valence-corrected chi connectivity index (χ3v) is 12.1. The number of nitriles is 1. The fraction of sp³-hybridized carbons (Fsp3) is 0.519. The molecule has 0 atom stereocenters. The summed E-state index contributed by atoms with van der Waals surface area (Å²) in [5, 5.41) is 15.1. The Hall–Kier alpha value is -2.73. The molecular weight excluding hydrogens is 454 g/mol. The molecule has 186 valence electrons. The third kappa shape index (κ3) is 5.13. The molecule has 0 unspecified atom stereocenters. The average molecular weight is 492 g/mol. The highest BCUT2D eigenvalue weighted by Crippen LogP contribution is 2.37. The second kappa shape index (κ2) is 9.73. The molecule has 1 saturated heterocycles. The van der Waals surface area contributed by atoms with Gasteiger partial charge in [0.25, 0.3) is 0 Å². The Kier molecular flexibility index (Phi) is 7.05. The van der Waals surface area contributed by atoms with Gasteiger partial charge in [0.2, 0.25) is 0 Å². The number of imidazole rings is 1. The summed E-state index contributed by atoms with van der Waals surface area (Å²) in [5.41, 5.74) is 6.73. The highest BCUT2D eigenvalue weighted by molar-refractivity contribution is 6.74. The third-order valence-electron chi connectivity index (χ3n) is 7.65. The van der Waals surface area contributed by atoms with Crippen LogP contribution in [0.15, 0.2) is 24.3 Å². The highest BCUT2D eigenvalue weighted by atomic mass is 28.4. The minimum absolute atomic E-state index is 0.0962. The number of benzene rings is 1. The van der Waals surface area contributed by atoms with Crippen LogP contribution in [0, 0.1) is 25.2 Å². The Bertz CT molecular complexity index is 1260. The lowest BCUT2D eigenvalue weighted by molar-refractivity contribution is 0.122. The number of nitrogens with zero attached hydrogens (tertiary/aromatic N) is 5. The molecule has 7 nitrogen and oxygen atoms in total. The van der Waals surface area contributed by atoms with Crippen LogP contribution in [0.25, 0.3) is 5.65 Å². The van der Waals surface area contributed by atoms with E-state index in [-0.39, 0.29) is 5.04 Å². The normalized spacial score (nSPS) is 15.0. The highest BCUT2D eigenvalue weighted by Gasteiger charge is 2.37. The van der Waals surface area contributed by atoms with Gasteiger partial charge in [0.15, 0.2) is 19.8 Å². The molecule has 1 fully saturated rings. The van der Waals surface area contributed by atoms with Crippen molar-refractivity contribution in [2.24, 2.45) is 0 Å². The maximum absolute atomic E-state index is 10.00. The van der Waals surface area contributed by atoms with Crippen molar-refractivity contribution in [1.82, 2.24) is 14.6 Å². The molecular formula is C27H37N5O2Si. The minimum atomic E-state index is -1.99. The first kappa shape index (κ1) is 25.4. The zero-order valence-electron chi connectivity index (χ0n) is 22.1. The summed E-state index contributed by atoms with van der Waals surface area (Å²) in [4.78, 5) is 7.11. The Morgan fingerprint density at radius 2 is 1.89 bits per heavy atom. The van der Waals surface area contributed by atoms with E-state index in [1.165, 1.54) is 16.7 Å². The van der Waals surface area contributed by atoms with E-state index in [1.807, 2.05) is 10.6 Å². The Morgan fingerprint density at radius 1 is 1.17 bits per heavy atom. The predicted molar refractivity (Wildman–Crippen MR) is 141 cm³/mol. The first-order valence-corrected chi connectivity index (χ1v) is 15.3. The summed E-state index contributed by atoms with van der Waals surface area (Å²) in [6.07, 6.45) is 0.676. The molecule has 0 spiro atoms. The molecule has 1 aromatic carbocycles. The van der Waals surface area contributed by atoms with Gasteiger partial charge in [-0.1, -0.05) is 39.0 Å². The second-order valence-corrected chi connectivity index (χ2v) is 15.8. The SMILES string of the molecule is Cc1cccc(Cc2c(CO[Si](C)(C)C(C)(C)C)nc3c(C#N)cc(N4CCOCC4)nn23)c1C. The van der Waals surface area contributed by atoms with Crippen LogP contribution in [-0.4, -0.2) is 49.2 Å². The smallest absolute Gasteiger partial charge is 0.192 e. The molecule has 0 saturated carbocycles. The summed E-state index contributed by atoms with van der Waals surface area (Å²) in [6, 6.07) is 10.6. The summed E-state index contributed by atoms with van der Waals surface area (Å²) in [7, 11) is -1.99. The Morgan fingerprint density at radius 3 is 2.54 bits per heavy atom. The molecule has 0 bridgehead atoms. The van der Waals surface area contributed by atoms with Gasteiger partial charge in [0.1, 0.15) is 11.6 Å². The topological polar surface area (TPSA) is 75.7 Å². The van der Waals surface area contributed by atoms with Crippen molar-refractivity contribution in [3.8, 4) is 6.07 Å². The van der Waals surface area contributed by atoms with Gasteiger partial charge in [-0.3, -0.25) is 0 Å². The number of hydrogen-bond donors (Lipinski definition) is 0. The summed E-state index contributed by atoms with van der Waals surface area (Å²) >= 11 is 0. The van der Waals surface area contributed by atoms with Crippen molar-refractivity contribution < 1.29 is 9.16 Å². The number of rotatable bonds is 6. The summed E-state index contributed by atoms with van der Waals surface area (Å²) in [6.45, 7) is 18.8. The number of aromatic nitrogens is 3. The number of hydrogen-bond acceptors (Lipinski definition) is 6.